The summed E-state index contributed by atoms with van der Waals surface area (Å²) in [4.78, 5) is 51.6. The average molecular weight is 480 g/mol. The molecule has 184 valence electrons. The molecule has 35 heavy (non-hydrogen) atoms. The molecule has 0 radical (unpaired) electrons. The quantitative estimate of drug-likeness (QED) is 0.630. The number of carbonyl (C=O) groups is 4. The molecule has 1 aliphatic heterocycles. The third-order valence-corrected chi connectivity index (χ3v) is 6.62. The number of carbonyl (C=O) groups excluding carboxylic acids is 3. The lowest BCUT2D eigenvalue weighted by Gasteiger charge is -2.36. The maximum absolute atomic E-state index is 13.1. The number of fused-ring (bicyclic) bond motifs is 3. The SMILES string of the molecule is CC(=O)N1CCN(C(=O)C(CCC(=O)O)NC(=O)OCC2c3ccccc3-c3ccccc32)CC1. The lowest BCUT2D eigenvalue weighted by atomic mass is 9.98. The molecule has 1 atom stereocenters. The summed E-state index contributed by atoms with van der Waals surface area (Å²) in [6.07, 6.45) is -1.09. The van der Waals surface area contributed by atoms with Crippen molar-refractivity contribution >= 4 is 23.9 Å². The van der Waals surface area contributed by atoms with Gasteiger partial charge in [-0.15, -0.1) is 0 Å². The lowest BCUT2D eigenvalue weighted by Crippen LogP contribution is -2.55. The van der Waals surface area contributed by atoms with Gasteiger partial charge in [0.1, 0.15) is 12.6 Å². The van der Waals surface area contributed by atoms with Crippen LogP contribution in [0.25, 0.3) is 11.1 Å². The molecule has 2 aromatic rings. The fourth-order valence-electron chi connectivity index (χ4n) is 4.77. The molecule has 1 aliphatic carbocycles. The number of alkyl carbamates (subject to hydrolysis) is 1. The Kier molecular flexibility index (Phi) is 7.33. The van der Waals surface area contributed by atoms with Crippen LogP contribution in [0.5, 0.6) is 0 Å². The van der Waals surface area contributed by atoms with Crippen LogP contribution in [0.1, 0.15) is 36.8 Å². The number of carboxylic acids is 1. The zero-order valence-electron chi connectivity index (χ0n) is 19.6. The first-order chi connectivity index (χ1) is 16.8. The molecule has 3 amide bonds. The molecule has 1 heterocycles. The number of rotatable bonds is 7. The van der Waals surface area contributed by atoms with Crippen LogP contribution in [0.15, 0.2) is 48.5 Å². The van der Waals surface area contributed by atoms with Crippen LogP contribution in [0.2, 0.25) is 0 Å². The number of amides is 3. The van der Waals surface area contributed by atoms with Crippen LogP contribution in [-0.2, 0) is 19.1 Å². The van der Waals surface area contributed by atoms with Gasteiger partial charge in [-0.25, -0.2) is 4.79 Å². The summed E-state index contributed by atoms with van der Waals surface area (Å²) in [5, 5.41) is 11.7. The van der Waals surface area contributed by atoms with Crippen LogP contribution < -0.4 is 5.32 Å². The van der Waals surface area contributed by atoms with E-state index in [0.717, 1.165) is 22.3 Å². The Labute approximate surface area is 203 Å². The second-order valence-corrected chi connectivity index (χ2v) is 8.79. The van der Waals surface area contributed by atoms with Crippen molar-refractivity contribution < 1.29 is 29.0 Å². The van der Waals surface area contributed by atoms with Gasteiger partial charge in [0.2, 0.25) is 11.8 Å². The van der Waals surface area contributed by atoms with Gasteiger partial charge < -0.3 is 25.0 Å². The summed E-state index contributed by atoms with van der Waals surface area (Å²) in [5.74, 6) is -1.61. The summed E-state index contributed by atoms with van der Waals surface area (Å²) in [6.45, 7) is 3.03. The minimum Gasteiger partial charge on any atom is -0.481 e. The van der Waals surface area contributed by atoms with Crippen LogP contribution in [-0.4, -0.2) is 77.6 Å². The third-order valence-electron chi connectivity index (χ3n) is 6.62. The van der Waals surface area contributed by atoms with E-state index in [9.17, 15) is 19.2 Å². The molecule has 2 N–H and O–H groups in total. The highest BCUT2D eigenvalue weighted by Crippen LogP contribution is 2.44. The van der Waals surface area contributed by atoms with Crippen LogP contribution in [0, 0.1) is 0 Å². The highest BCUT2D eigenvalue weighted by molar-refractivity contribution is 5.86. The number of nitrogens with zero attached hydrogens (tertiary/aromatic N) is 2. The van der Waals surface area contributed by atoms with Crippen LogP contribution in [0.3, 0.4) is 0 Å². The normalized spacial score (nSPS) is 15.7. The number of hydrogen-bond acceptors (Lipinski definition) is 5. The van der Waals surface area contributed by atoms with E-state index in [1.165, 1.54) is 6.92 Å². The smallest absolute Gasteiger partial charge is 0.407 e. The molecule has 9 heteroatoms. The predicted molar refractivity (Wildman–Crippen MR) is 128 cm³/mol. The van der Waals surface area contributed by atoms with Gasteiger partial charge in [0.25, 0.3) is 0 Å². The maximum atomic E-state index is 13.1. The number of ether oxygens (including phenoxy) is 1. The van der Waals surface area contributed by atoms with Gasteiger partial charge in [-0.1, -0.05) is 48.5 Å². The zero-order valence-corrected chi connectivity index (χ0v) is 19.6. The maximum Gasteiger partial charge on any atom is 0.407 e. The van der Waals surface area contributed by atoms with Gasteiger partial charge in [0, 0.05) is 45.4 Å². The second-order valence-electron chi connectivity index (χ2n) is 8.79. The summed E-state index contributed by atoms with van der Waals surface area (Å²) in [7, 11) is 0. The van der Waals surface area contributed by atoms with Crippen molar-refractivity contribution in [3.63, 3.8) is 0 Å². The Morgan fingerprint density at radius 3 is 2.03 bits per heavy atom. The first kappa shape index (κ1) is 24.3. The second kappa shape index (κ2) is 10.6. The van der Waals surface area contributed by atoms with Gasteiger partial charge in [0.15, 0.2) is 0 Å². The van der Waals surface area contributed by atoms with E-state index in [-0.39, 0.29) is 37.2 Å². The highest BCUT2D eigenvalue weighted by atomic mass is 16.5. The van der Waals surface area contributed by atoms with E-state index in [0.29, 0.717) is 26.2 Å². The Morgan fingerprint density at radius 2 is 1.49 bits per heavy atom. The molecule has 4 rings (SSSR count). The zero-order chi connectivity index (χ0) is 24.9. The molecule has 0 aromatic heterocycles. The van der Waals surface area contributed by atoms with Gasteiger partial charge in [0.05, 0.1) is 0 Å². The van der Waals surface area contributed by atoms with Gasteiger partial charge >= 0.3 is 12.1 Å². The largest absolute Gasteiger partial charge is 0.481 e. The molecular weight excluding hydrogens is 450 g/mol. The molecule has 2 aliphatic rings. The van der Waals surface area contributed by atoms with Crippen molar-refractivity contribution in [1.82, 2.24) is 15.1 Å². The Morgan fingerprint density at radius 1 is 0.943 bits per heavy atom. The number of benzene rings is 2. The van der Waals surface area contributed by atoms with E-state index >= 15 is 0 Å². The fourth-order valence-corrected chi connectivity index (χ4v) is 4.77. The molecule has 1 fully saturated rings. The lowest BCUT2D eigenvalue weighted by molar-refractivity contribution is -0.141. The van der Waals surface area contributed by atoms with Gasteiger partial charge in [-0.05, 0) is 28.7 Å². The number of piperazine rings is 1. The number of hydrogen-bond donors (Lipinski definition) is 2. The predicted octanol–water partition coefficient (Wildman–Crippen LogP) is 2.45. The van der Waals surface area contributed by atoms with Gasteiger partial charge in [-0.2, -0.15) is 0 Å². The molecule has 1 unspecified atom stereocenters. The Hall–Kier alpha value is -3.88. The van der Waals surface area contributed by atoms with Crippen LogP contribution in [0.4, 0.5) is 4.79 Å². The highest BCUT2D eigenvalue weighted by Gasteiger charge is 2.32. The first-order valence-electron chi connectivity index (χ1n) is 11.7. The first-order valence-corrected chi connectivity index (χ1v) is 11.7. The summed E-state index contributed by atoms with van der Waals surface area (Å²) >= 11 is 0. The molecule has 0 bridgehead atoms. The van der Waals surface area contributed by atoms with E-state index in [2.05, 4.69) is 5.32 Å². The van der Waals surface area contributed by atoms with Crippen molar-refractivity contribution in [2.75, 3.05) is 32.8 Å². The van der Waals surface area contributed by atoms with Crippen LogP contribution >= 0.6 is 0 Å². The topological polar surface area (TPSA) is 116 Å². The number of aliphatic carboxylic acids is 1. The Bertz CT molecular complexity index is 1080. The summed E-state index contributed by atoms with van der Waals surface area (Å²) in [5.41, 5.74) is 4.36. The summed E-state index contributed by atoms with van der Waals surface area (Å²) in [6, 6.07) is 14.9. The molecule has 2 aromatic carbocycles. The monoisotopic (exact) mass is 479 g/mol. The van der Waals surface area contributed by atoms with E-state index in [1.54, 1.807) is 9.80 Å². The fraction of sp³-hybridized carbons (Fsp3) is 0.385. The molecule has 1 saturated heterocycles. The van der Waals surface area contributed by atoms with Crippen molar-refractivity contribution in [1.29, 1.82) is 0 Å². The minimum absolute atomic E-state index is 0.0503. The molecule has 9 nitrogen and oxygen atoms in total. The Balaban J connectivity index is 1.40. The van der Waals surface area contributed by atoms with Crippen molar-refractivity contribution in [2.45, 2.75) is 31.7 Å². The molecular formula is C26H29N3O6. The molecule has 0 spiro atoms. The van der Waals surface area contributed by atoms with E-state index in [1.807, 2.05) is 48.5 Å². The van der Waals surface area contributed by atoms with E-state index in [4.69, 9.17) is 9.84 Å². The van der Waals surface area contributed by atoms with Gasteiger partial charge in [-0.3, -0.25) is 14.4 Å². The van der Waals surface area contributed by atoms with E-state index < -0.39 is 18.1 Å². The average Bonchev–Trinajstić information content (AvgIpc) is 3.18. The third kappa shape index (κ3) is 5.45. The number of carboxylic acid groups (broad SMARTS) is 1. The molecule has 0 saturated carbocycles. The van der Waals surface area contributed by atoms with Crippen molar-refractivity contribution in [3.8, 4) is 11.1 Å². The summed E-state index contributed by atoms with van der Waals surface area (Å²) < 4.78 is 5.54. The number of nitrogens with one attached hydrogen (secondary N) is 1. The van der Waals surface area contributed by atoms with Crippen molar-refractivity contribution in [2.24, 2.45) is 0 Å². The minimum atomic E-state index is -1.06. The van der Waals surface area contributed by atoms with Crippen molar-refractivity contribution in [3.05, 3.63) is 59.7 Å². The standard InChI is InChI=1S/C26H29N3O6/c1-17(30)28-12-14-29(15-13-28)25(33)23(10-11-24(31)32)27-26(34)35-16-22-20-8-4-2-6-18(20)19-7-3-5-9-21(19)22/h2-9,22-23H,10-16H2,1H3,(H,27,34)(H,31,32).